The Bertz CT molecular complexity index is 153. The molecule has 1 nitrogen and oxygen atoms in total. The van der Waals surface area contributed by atoms with Gasteiger partial charge in [-0.05, 0) is 11.3 Å². The van der Waals surface area contributed by atoms with Crippen molar-refractivity contribution in [2.45, 2.75) is 33.5 Å². The molecule has 0 aliphatic carbocycles. The maximum Gasteiger partial charge on any atom is 0.205 e. The Kier molecular flexibility index (Phi) is 1.89. The highest BCUT2D eigenvalue weighted by Crippen LogP contribution is 2.39. The summed E-state index contributed by atoms with van der Waals surface area (Å²) < 4.78 is 0. The van der Waals surface area contributed by atoms with Crippen LogP contribution in [-0.4, -0.2) is 13.0 Å². The van der Waals surface area contributed by atoms with E-state index in [1.54, 1.807) is 0 Å². The zero-order chi connectivity index (χ0) is 7.78. The van der Waals surface area contributed by atoms with Gasteiger partial charge in [0.15, 0.2) is 0 Å². The van der Waals surface area contributed by atoms with Gasteiger partial charge in [-0.1, -0.05) is 27.1 Å². The lowest BCUT2D eigenvalue weighted by atomic mass is 9.69. The third-order valence-electron chi connectivity index (χ3n) is 2.97. The zero-order valence-electron chi connectivity index (χ0n) is 7.11. The van der Waals surface area contributed by atoms with E-state index in [0.29, 0.717) is 17.0 Å². The van der Waals surface area contributed by atoms with Crippen LogP contribution in [0.25, 0.3) is 0 Å². The van der Waals surface area contributed by atoms with Crippen molar-refractivity contribution in [3.05, 3.63) is 0 Å². The molecular formula is C8H15BO. The van der Waals surface area contributed by atoms with E-state index < -0.39 is 0 Å². The predicted octanol–water partition coefficient (Wildman–Crippen LogP) is 1.43. The number of hydrogen-bond donors (Lipinski definition) is 0. The van der Waals surface area contributed by atoms with Gasteiger partial charge in [-0.25, -0.2) is 0 Å². The van der Waals surface area contributed by atoms with Crippen LogP contribution >= 0.6 is 0 Å². The molecule has 1 fully saturated rings. The van der Waals surface area contributed by atoms with Crippen molar-refractivity contribution in [3.63, 3.8) is 0 Å². The minimum atomic E-state index is 0.317. The molecule has 0 aromatic rings. The molecule has 0 aromatic heterocycles. The van der Waals surface area contributed by atoms with Crippen LogP contribution in [0.4, 0.5) is 0 Å². The third-order valence-corrected chi connectivity index (χ3v) is 2.97. The fourth-order valence-corrected chi connectivity index (χ4v) is 1.54. The fraction of sp³-hybridized carbons (Fsp3) is 0.875. The first-order valence-corrected chi connectivity index (χ1v) is 4.06. The van der Waals surface area contributed by atoms with E-state index in [0.717, 1.165) is 20.0 Å². The van der Waals surface area contributed by atoms with Crippen molar-refractivity contribution in [2.75, 3.05) is 0 Å². The Morgan fingerprint density at radius 3 is 2.40 bits per heavy atom. The van der Waals surface area contributed by atoms with Crippen molar-refractivity contribution in [2.24, 2.45) is 11.3 Å². The van der Waals surface area contributed by atoms with Gasteiger partial charge in [0.25, 0.3) is 0 Å². The molecule has 0 N–H and O–H groups in total. The molecular weight excluding hydrogens is 123 g/mol. The van der Waals surface area contributed by atoms with E-state index in [-0.39, 0.29) is 0 Å². The molecule has 1 heterocycles. The first kappa shape index (κ1) is 7.84. The Morgan fingerprint density at radius 1 is 1.60 bits per heavy atom. The first-order chi connectivity index (χ1) is 4.54. The molecule has 10 heavy (non-hydrogen) atoms. The summed E-state index contributed by atoms with van der Waals surface area (Å²) in [5.41, 5.74) is 0.771. The van der Waals surface area contributed by atoms with E-state index in [1.165, 1.54) is 0 Å². The molecule has 1 saturated heterocycles. The summed E-state index contributed by atoms with van der Waals surface area (Å²) >= 11 is 0. The van der Waals surface area contributed by atoms with Crippen LogP contribution < -0.4 is 0 Å². The lowest BCUT2D eigenvalue weighted by Gasteiger charge is -2.27. The second-order valence-electron chi connectivity index (χ2n) is 4.02. The average Bonchev–Trinajstić information content (AvgIpc) is 2.13. The number of carbonyl (C=O) groups excluding carboxylic acids is 1. The number of carbonyl (C=O) groups is 1. The second kappa shape index (κ2) is 2.41. The van der Waals surface area contributed by atoms with Crippen molar-refractivity contribution in [1.29, 1.82) is 0 Å². The summed E-state index contributed by atoms with van der Waals surface area (Å²) in [6, 6.07) is 0. The van der Waals surface area contributed by atoms with E-state index >= 15 is 0 Å². The topological polar surface area (TPSA) is 17.1 Å². The lowest BCUT2D eigenvalue weighted by Crippen LogP contribution is -2.18. The summed E-state index contributed by atoms with van der Waals surface area (Å²) in [6.07, 6.45) is 1.91. The van der Waals surface area contributed by atoms with Crippen LogP contribution in [0.5, 0.6) is 0 Å². The minimum absolute atomic E-state index is 0.317. The third kappa shape index (κ3) is 1.25. The smallest absolute Gasteiger partial charge is 0.205 e. The molecule has 0 saturated carbocycles. The van der Waals surface area contributed by atoms with Gasteiger partial charge in [-0.3, -0.25) is 0 Å². The minimum Gasteiger partial charge on any atom is -0.312 e. The van der Waals surface area contributed by atoms with Crippen molar-refractivity contribution < 1.29 is 4.79 Å². The standard InChI is InChI=1S/C8H15BO/c1-6(2)8(3)4-7(10)9-5-8/h6,9H,4-5H2,1-3H3. The molecule has 0 spiro atoms. The van der Waals surface area contributed by atoms with Gasteiger partial charge in [0, 0.05) is 6.42 Å². The maximum atomic E-state index is 11.0. The van der Waals surface area contributed by atoms with Crippen molar-refractivity contribution >= 4 is 13.0 Å². The summed E-state index contributed by atoms with van der Waals surface area (Å²) in [4.78, 5) is 11.0. The van der Waals surface area contributed by atoms with Gasteiger partial charge in [0.2, 0.25) is 7.28 Å². The van der Waals surface area contributed by atoms with Gasteiger partial charge in [0.1, 0.15) is 0 Å². The fourth-order valence-electron chi connectivity index (χ4n) is 1.54. The van der Waals surface area contributed by atoms with Gasteiger partial charge < -0.3 is 4.79 Å². The molecule has 0 aromatic carbocycles. The Morgan fingerprint density at radius 2 is 2.20 bits per heavy atom. The molecule has 56 valence electrons. The van der Waals surface area contributed by atoms with Crippen molar-refractivity contribution in [1.82, 2.24) is 0 Å². The maximum absolute atomic E-state index is 11.0. The number of rotatable bonds is 1. The van der Waals surface area contributed by atoms with Gasteiger partial charge in [-0.2, -0.15) is 0 Å². The normalized spacial score (nSPS) is 33.0. The van der Waals surface area contributed by atoms with Crippen LogP contribution in [0.15, 0.2) is 0 Å². The summed E-state index contributed by atoms with van der Waals surface area (Å²) in [5, 5.41) is 0. The second-order valence-corrected chi connectivity index (χ2v) is 4.02. The predicted molar refractivity (Wildman–Crippen MR) is 44.5 cm³/mol. The van der Waals surface area contributed by atoms with Gasteiger partial charge in [0.05, 0.1) is 5.68 Å². The lowest BCUT2D eigenvalue weighted by molar-refractivity contribution is -0.113. The Balaban J connectivity index is 2.63. The van der Waals surface area contributed by atoms with Crippen LogP contribution in [0.1, 0.15) is 27.2 Å². The highest BCUT2D eigenvalue weighted by atomic mass is 16.1. The Hall–Kier alpha value is -0.265. The summed E-state index contributed by atoms with van der Waals surface area (Å²) in [6.45, 7) is 6.64. The van der Waals surface area contributed by atoms with Crippen LogP contribution in [-0.2, 0) is 4.79 Å². The molecule has 0 amide bonds. The molecule has 1 atom stereocenters. The summed E-state index contributed by atoms with van der Waals surface area (Å²) in [7, 11) is 0.814. The Labute approximate surface area is 63.4 Å². The highest BCUT2D eigenvalue weighted by Gasteiger charge is 2.36. The molecule has 0 bridgehead atoms. The molecule has 1 aliphatic heterocycles. The van der Waals surface area contributed by atoms with Crippen LogP contribution in [0, 0.1) is 11.3 Å². The van der Waals surface area contributed by atoms with E-state index in [4.69, 9.17) is 0 Å². The quantitative estimate of drug-likeness (QED) is 0.501. The summed E-state index contributed by atoms with van der Waals surface area (Å²) in [5.74, 6) is 0.652. The monoisotopic (exact) mass is 138 g/mol. The van der Waals surface area contributed by atoms with Gasteiger partial charge >= 0.3 is 0 Å². The largest absolute Gasteiger partial charge is 0.312 e. The SMILES string of the molecule is CC(C)C1(C)CBC(=O)C1. The molecule has 1 rings (SSSR count). The molecule has 0 radical (unpaired) electrons. The van der Waals surface area contributed by atoms with E-state index in [1.807, 2.05) is 0 Å². The molecule has 1 aliphatic rings. The molecule has 1 unspecified atom stereocenters. The number of hydrogen-bond acceptors (Lipinski definition) is 1. The van der Waals surface area contributed by atoms with E-state index in [2.05, 4.69) is 20.8 Å². The average molecular weight is 138 g/mol. The van der Waals surface area contributed by atoms with Gasteiger partial charge in [-0.15, -0.1) is 0 Å². The van der Waals surface area contributed by atoms with E-state index in [9.17, 15) is 4.79 Å². The van der Waals surface area contributed by atoms with Crippen LogP contribution in [0.3, 0.4) is 0 Å². The molecule has 2 heteroatoms. The van der Waals surface area contributed by atoms with Crippen molar-refractivity contribution in [3.8, 4) is 0 Å². The highest BCUT2D eigenvalue weighted by molar-refractivity contribution is 6.75. The van der Waals surface area contributed by atoms with Crippen LogP contribution in [0.2, 0.25) is 6.32 Å². The zero-order valence-corrected chi connectivity index (χ0v) is 7.11. The first-order valence-electron chi connectivity index (χ1n) is 4.06.